The van der Waals surface area contributed by atoms with Gasteiger partial charge >= 0.3 is 6.18 Å². The monoisotopic (exact) mass is 361 g/mol. The highest BCUT2D eigenvalue weighted by molar-refractivity contribution is 5.58. The van der Waals surface area contributed by atoms with Crippen molar-refractivity contribution < 1.29 is 17.6 Å². The summed E-state index contributed by atoms with van der Waals surface area (Å²) in [4.78, 5) is 0. The van der Waals surface area contributed by atoms with Crippen LogP contribution in [0.1, 0.15) is 22.4 Å². The van der Waals surface area contributed by atoms with Gasteiger partial charge in [-0.2, -0.15) is 18.3 Å². The molecule has 1 aliphatic heterocycles. The minimum Gasteiger partial charge on any atom is -0.369 e. The molecule has 2 aromatic carbocycles. The molecule has 0 atom stereocenters. The molecule has 1 N–H and O–H groups in total. The maximum atomic E-state index is 13.1. The summed E-state index contributed by atoms with van der Waals surface area (Å²) in [6.45, 7) is 0.711. The number of aromatic nitrogens is 2. The van der Waals surface area contributed by atoms with Crippen molar-refractivity contribution >= 4 is 5.82 Å². The van der Waals surface area contributed by atoms with Crippen LogP contribution >= 0.6 is 0 Å². The maximum absolute atomic E-state index is 13.1. The second kappa shape index (κ2) is 6.16. The van der Waals surface area contributed by atoms with Crippen molar-refractivity contribution in [3.8, 4) is 5.69 Å². The van der Waals surface area contributed by atoms with Gasteiger partial charge in [-0.1, -0.05) is 18.2 Å². The molecule has 0 unspecified atom stereocenters. The van der Waals surface area contributed by atoms with Gasteiger partial charge in [0.2, 0.25) is 0 Å². The summed E-state index contributed by atoms with van der Waals surface area (Å²) in [6, 6.07) is 11.3. The Kier molecular flexibility index (Phi) is 3.94. The van der Waals surface area contributed by atoms with Crippen molar-refractivity contribution in [3.05, 3.63) is 76.7 Å². The number of fused-ring (bicyclic) bond motifs is 1. The molecular formula is C19H15F4N3. The Morgan fingerprint density at radius 2 is 1.85 bits per heavy atom. The number of nitrogens with one attached hydrogen (secondary N) is 1. The van der Waals surface area contributed by atoms with E-state index in [0.717, 1.165) is 41.2 Å². The number of rotatable bonds is 3. The molecule has 134 valence electrons. The van der Waals surface area contributed by atoms with Gasteiger partial charge in [-0.05, 0) is 42.3 Å². The summed E-state index contributed by atoms with van der Waals surface area (Å²) >= 11 is 0. The predicted octanol–water partition coefficient (Wildman–Crippen LogP) is 4.59. The van der Waals surface area contributed by atoms with Crippen LogP contribution in [0.5, 0.6) is 0 Å². The SMILES string of the molecule is Fc1ccc(Cc2nn(-c3cccc(C(F)(F)F)c3)c3c2CCN3)cc1. The maximum Gasteiger partial charge on any atom is 0.416 e. The Morgan fingerprint density at radius 1 is 1.08 bits per heavy atom. The van der Waals surface area contributed by atoms with Crippen LogP contribution < -0.4 is 5.32 Å². The number of alkyl halides is 3. The van der Waals surface area contributed by atoms with Crippen molar-refractivity contribution in [1.29, 1.82) is 0 Å². The first-order chi connectivity index (χ1) is 12.4. The van der Waals surface area contributed by atoms with Crippen LogP contribution in [0.25, 0.3) is 5.69 Å². The lowest BCUT2D eigenvalue weighted by molar-refractivity contribution is -0.137. The third kappa shape index (κ3) is 3.05. The highest BCUT2D eigenvalue weighted by Gasteiger charge is 2.31. The second-order valence-corrected chi connectivity index (χ2v) is 6.21. The molecule has 0 fully saturated rings. The first-order valence-corrected chi connectivity index (χ1v) is 8.18. The van der Waals surface area contributed by atoms with Crippen molar-refractivity contribution in [2.45, 2.75) is 19.0 Å². The minimum absolute atomic E-state index is 0.310. The van der Waals surface area contributed by atoms with Crippen LogP contribution in [0, 0.1) is 5.82 Å². The van der Waals surface area contributed by atoms with Gasteiger partial charge in [0, 0.05) is 18.5 Å². The topological polar surface area (TPSA) is 29.9 Å². The van der Waals surface area contributed by atoms with Gasteiger partial charge in [-0.15, -0.1) is 0 Å². The normalized spacial score (nSPS) is 13.5. The number of nitrogens with zero attached hydrogens (tertiary/aromatic N) is 2. The number of anilines is 1. The summed E-state index contributed by atoms with van der Waals surface area (Å²) in [5.41, 5.74) is 2.32. The van der Waals surface area contributed by atoms with Crippen LogP contribution in [-0.2, 0) is 19.0 Å². The van der Waals surface area contributed by atoms with E-state index in [0.29, 0.717) is 18.7 Å². The average Bonchev–Trinajstić information content (AvgIpc) is 3.20. The van der Waals surface area contributed by atoms with Crippen LogP contribution in [0.3, 0.4) is 0 Å². The highest BCUT2D eigenvalue weighted by atomic mass is 19.4. The zero-order chi connectivity index (χ0) is 18.3. The van der Waals surface area contributed by atoms with Crippen LogP contribution in [0.4, 0.5) is 23.4 Å². The third-order valence-corrected chi connectivity index (χ3v) is 4.44. The van der Waals surface area contributed by atoms with Crippen LogP contribution in [-0.4, -0.2) is 16.3 Å². The van der Waals surface area contributed by atoms with E-state index in [-0.39, 0.29) is 5.82 Å². The zero-order valence-electron chi connectivity index (χ0n) is 13.6. The molecule has 0 radical (unpaired) electrons. The van der Waals surface area contributed by atoms with Gasteiger partial charge in [0.1, 0.15) is 11.6 Å². The molecule has 1 aliphatic rings. The Hall–Kier alpha value is -2.83. The molecule has 1 aromatic heterocycles. The molecule has 2 heterocycles. The zero-order valence-corrected chi connectivity index (χ0v) is 13.6. The number of halogens is 4. The molecule has 0 spiro atoms. The number of hydrogen-bond donors (Lipinski definition) is 1. The quantitative estimate of drug-likeness (QED) is 0.692. The molecule has 0 saturated heterocycles. The van der Waals surface area contributed by atoms with Crippen molar-refractivity contribution in [2.24, 2.45) is 0 Å². The molecule has 0 bridgehead atoms. The van der Waals surface area contributed by atoms with Crippen molar-refractivity contribution in [2.75, 3.05) is 11.9 Å². The standard InChI is InChI=1S/C19H15F4N3/c20-14-6-4-12(5-7-14)10-17-16-8-9-24-18(16)26(25-17)15-3-1-2-13(11-15)19(21,22)23/h1-7,11,24H,8-10H2. The van der Waals surface area contributed by atoms with E-state index in [1.807, 2.05) is 0 Å². The fraction of sp³-hybridized carbons (Fsp3) is 0.211. The smallest absolute Gasteiger partial charge is 0.369 e. The van der Waals surface area contributed by atoms with Gasteiger partial charge in [0.25, 0.3) is 0 Å². The summed E-state index contributed by atoms with van der Waals surface area (Å²) in [7, 11) is 0. The lowest BCUT2D eigenvalue weighted by Gasteiger charge is -2.10. The molecule has 0 amide bonds. The van der Waals surface area contributed by atoms with Gasteiger partial charge in [0.05, 0.1) is 16.9 Å². The summed E-state index contributed by atoms with van der Waals surface area (Å²) in [5.74, 6) is 0.413. The Morgan fingerprint density at radius 3 is 2.58 bits per heavy atom. The number of benzene rings is 2. The summed E-state index contributed by atoms with van der Waals surface area (Å²) in [5, 5.41) is 7.74. The lowest BCUT2D eigenvalue weighted by atomic mass is 10.1. The van der Waals surface area contributed by atoms with Gasteiger partial charge < -0.3 is 5.32 Å². The first kappa shape index (κ1) is 16.6. The van der Waals surface area contributed by atoms with Crippen molar-refractivity contribution in [3.63, 3.8) is 0 Å². The predicted molar refractivity (Wildman–Crippen MR) is 90.0 cm³/mol. The van der Waals surface area contributed by atoms with Crippen LogP contribution in [0.15, 0.2) is 48.5 Å². The molecule has 3 aromatic rings. The Balaban J connectivity index is 1.73. The van der Waals surface area contributed by atoms with Crippen molar-refractivity contribution in [1.82, 2.24) is 9.78 Å². The van der Waals surface area contributed by atoms with E-state index < -0.39 is 11.7 Å². The van der Waals surface area contributed by atoms with Gasteiger partial charge in [-0.25, -0.2) is 9.07 Å². The molecule has 0 saturated carbocycles. The minimum atomic E-state index is -4.41. The molecule has 3 nitrogen and oxygen atoms in total. The van der Waals surface area contributed by atoms with E-state index in [1.54, 1.807) is 18.2 Å². The van der Waals surface area contributed by atoms with E-state index in [9.17, 15) is 17.6 Å². The highest BCUT2D eigenvalue weighted by Crippen LogP contribution is 2.33. The van der Waals surface area contributed by atoms with E-state index in [2.05, 4.69) is 10.4 Å². The second-order valence-electron chi connectivity index (χ2n) is 6.21. The molecule has 7 heteroatoms. The summed E-state index contributed by atoms with van der Waals surface area (Å²) < 4.78 is 53.6. The first-order valence-electron chi connectivity index (χ1n) is 8.18. The van der Waals surface area contributed by atoms with E-state index >= 15 is 0 Å². The lowest BCUT2D eigenvalue weighted by Crippen LogP contribution is -2.08. The third-order valence-electron chi connectivity index (χ3n) is 4.44. The number of hydrogen-bond acceptors (Lipinski definition) is 2. The Labute approximate surface area is 147 Å². The fourth-order valence-corrected chi connectivity index (χ4v) is 3.18. The largest absolute Gasteiger partial charge is 0.416 e. The molecule has 26 heavy (non-hydrogen) atoms. The molecular weight excluding hydrogens is 346 g/mol. The fourth-order valence-electron chi connectivity index (χ4n) is 3.18. The Bertz CT molecular complexity index is 942. The van der Waals surface area contributed by atoms with Gasteiger partial charge in [0.15, 0.2) is 0 Å². The van der Waals surface area contributed by atoms with E-state index in [1.165, 1.54) is 22.9 Å². The van der Waals surface area contributed by atoms with Gasteiger partial charge in [-0.3, -0.25) is 0 Å². The summed E-state index contributed by atoms with van der Waals surface area (Å²) in [6.07, 6.45) is -3.15. The average molecular weight is 361 g/mol. The molecule has 4 rings (SSSR count). The molecule has 0 aliphatic carbocycles. The van der Waals surface area contributed by atoms with Crippen LogP contribution in [0.2, 0.25) is 0 Å². The van der Waals surface area contributed by atoms with E-state index in [4.69, 9.17) is 0 Å².